The van der Waals surface area contributed by atoms with Gasteiger partial charge in [-0.3, -0.25) is 9.59 Å². The van der Waals surface area contributed by atoms with Crippen LogP contribution in [-0.2, 0) is 20.7 Å². The summed E-state index contributed by atoms with van der Waals surface area (Å²) >= 11 is 0. The Balaban J connectivity index is 1.91. The topological polar surface area (TPSA) is 87.7 Å². The highest BCUT2D eigenvalue weighted by molar-refractivity contribution is 5.97. The molecule has 0 fully saturated rings. The first-order valence-electron chi connectivity index (χ1n) is 7.82. The van der Waals surface area contributed by atoms with Crippen LogP contribution in [0.25, 0.3) is 0 Å². The summed E-state index contributed by atoms with van der Waals surface area (Å²) in [4.78, 5) is 36.7. The second kappa shape index (κ2) is 6.90. The number of fused-ring (bicyclic) bond motifs is 1. The zero-order chi connectivity index (χ0) is 17.9. The SMILES string of the molecule is CN1C(=O)CCc2cc(NC(=O)CNC(=O)OC(C)(C)C)ccc21. The van der Waals surface area contributed by atoms with Crippen molar-refractivity contribution in [2.24, 2.45) is 0 Å². The molecule has 0 aliphatic carbocycles. The van der Waals surface area contributed by atoms with Crippen molar-refractivity contribution in [2.45, 2.75) is 39.2 Å². The van der Waals surface area contributed by atoms with Crippen molar-refractivity contribution < 1.29 is 19.1 Å². The lowest BCUT2D eigenvalue weighted by atomic mass is 10.0. The van der Waals surface area contributed by atoms with Gasteiger partial charge in [0.2, 0.25) is 11.8 Å². The van der Waals surface area contributed by atoms with Crippen LogP contribution in [0.15, 0.2) is 18.2 Å². The molecule has 1 aliphatic heterocycles. The predicted octanol–water partition coefficient (Wildman–Crippen LogP) is 2.06. The highest BCUT2D eigenvalue weighted by Crippen LogP contribution is 2.29. The molecule has 1 aliphatic rings. The molecule has 1 heterocycles. The van der Waals surface area contributed by atoms with Crippen LogP contribution in [-0.4, -0.2) is 37.1 Å². The predicted molar refractivity (Wildman–Crippen MR) is 91.0 cm³/mol. The molecule has 1 aromatic rings. The van der Waals surface area contributed by atoms with Gasteiger partial charge in [-0.15, -0.1) is 0 Å². The molecule has 2 N–H and O–H groups in total. The number of nitrogens with one attached hydrogen (secondary N) is 2. The molecule has 3 amide bonds. The third kappa shape index (κ3) is 4.71. The Morgan fingerprint density at radius 2 is 1.96 bits per heavy atom. The monoisotopic (exact) mass is 333 g/mol. The van der Waals surface area contributed by atoms with E-state index in [0.29, 0.717) is 18.5 Å². The Bertz CT molecular complexity index is 664. The Labute approximate surface area is 141 Å². The van der Waals surface area contributed by atoms with E-state index in [4.69, 9.17) is 4.74 Å². The van der Waals surface area contributed by atoms with Crippen LogP contribution in [0.3, 0.4) is 0 Å². The van der Waals surface area contributed by atoms with Gasteiger partial charge in [0.05, 0.1) is 0 Å². The van der Waals surface area contributed by atoms with Gasteiger partial charge in [0.1, 0.15) is 12.1 Å². The van der Waals surface area contributed by atoms with Gasteiger partial charge >= 0.3 is 6.09 Å². The first-order chi connectivity index (χ1) is 11.2. The molecule has 130 valence electrons. The fourth-order valence-corrected chi connectivity index (χ4v) is 2.41. The summed E-state index contributed by atoms with van der Waals surface area (Å²) in [6, 6.07) is 5.40. The molecule has 0 saturated heterocycles. The van der Waals surface area contributed by atoms with Crippen molar-refractivity contribution in [3.05, 3.63) is 23.8 Å². The van der Waals surface area contributed by atoms with Gasteiger partial charge in [-0.2, -0.15) is 0 Å². The van der Waals surface area contributed by atoms with E-state index in [2.05, 4.69) is 10.6 Å². The van der Waals surface area contributed by atoms with E-state index in [1.165, 1.54) is 0 Å². The van der Waals surface area contributed by atoms with Crippen molar-refractivity contribution in [3.8, 4) is 0 Å². The normalized spacial score (nSPS) is 14.0. The number of benzene rings is 1. The number of amides is 3. The number of aryl methyl sites for hydroxylation is 1. The lowest BCUT2D eigenvalue weighted by Crippen LogP contribution is -2.37. The van der Waals surface area contributed by atoms with Crippen LogP contribution < -0.4 is 15.5 Å². The number of ether oxygens (including phenoxy) is 1. The molecule has 2 rings (SSSR count). The maximum Gasteiger partial charge on any atom is 0.408 e. The minimum absolute atomic E-state index is 0.0841. The van der Waals surface area contributed by atoms with Crippen molar-refractivity contribution in [1.29, 1.82) is 0 Å². The molecule has 7 nitrogen and oxygen atoms in total. The number of carbonyl (C=O) groups excluding carboxylic acids is 3. The van der Waals surface area contributed by atoms with Crippen LogP contribution >= 0.6 is 0 Å². The van der Waals surface area contributed by atoms with E-state index in [1.807, 2.05) is 12.1 Å². The molecule has 7 heteroatoms. The Morgan fingerprint density at radius 1 is 1.25 bits per heavy atom. The van der Waals surface area contributed by atoms with Crippen molar-refractivity contribution in [1.82, 2.24) is 5.32 Å². The first kappa shape index (κ1) is 17.8. The Kier molecular flexibility index (Phi) is 5.11. The Hall–Kier alpha value is -2.57. The summed E-state index contributed by atoms with van der Waals surface area (Å²) in [6.07, 6.45) is 0.475. The maximum atomic E-state index is 11.9. The molecule has 0 bridgehead atoms. The zero-order valence-corrected chi connectivity index (χ0v) is 14.4. The van der Waals surface area contributed by atoms with Crippen LogP contribution in [0, 0.1) is 0 Å². The third-order valence-corrected chi connectivity index (χ3v) is 3.50. The minimum atomic E-state index is -0.636. The third-order valence-electron chi connectivity index (χ3n) is 3.50. The van der Waals surface area contributed by atoms with Gasteiger partial charge in [-0.05, 0) is 51.0 Å². The molecule has 0 unspecified atom stereocenters. The first-order valence-corrected chi connectivity index (χ1v) is 7.82. The molecule has 0 radical (unpaired) electrons. The maximum absolute atomic E-state index is 11.9. The molecule has 0 aromatic heterocycles. The van der Waals surface area contributed by atoms with Crippen LogP contribution in [0.2, 0.25) is 0 Å². The molecular formula is C17H23N3O4. The summed E-state index contributed by atoms with van der Waals surface area (Å²) < 4.78 is 5.07. The fraction of sp³-hybridized carbons (Fsp3) is 0.471. The van der Waals surface area contributed by atoms with Crippen molar-refractivity contribution >= 4 is 29.3 Å². The number of hydrogen-bond acceptors (Lipinski definition) is 4. The molecule has 0 spiro atoms. The van der Waals surface area contributed by atoms with E-state index >= 15 is 0 Å². The summed E-state index contributed by atoms with van der Waals surface area (Å²) in [7, 11) is 1.74. The number of rotatable bonds is 3. The Morgan fingerprint density at radius 3 is 2.62 bits per heavy atom. The van der Waals surface area contributed by atoms with Gasteiger partial charge in [0, 0.05) is 24.8 Å². The molecule has 0 atom stereocenters. The highest BCUT2D eigenvalue weighted by atomic mass is 16.6. The quantitative estimate of drug-likeness (QED) is 0.886. The lowest BCUT2D eigenvalue weighted by molar-refractivity contribution is -0.118. The molecule has 24 heavy (non-hydrogen) atoms. The van der Waals surface area contributed by atoms with Gasteiger partial charge in [0.15, 0.2) is 0 Å². The zero-order valence-electron chi connectivity index (χ0n) is 14.4. The summed E-state index contributed by atoms with van der Waals surface area (Å²) in [6.45, 7) is 5.08. The smallest absolute Gasteiger partial charge is 0.408 e. The average molecular weight is 333 g/mol. The average Bonchev–Trinajstić information content (AvgIpc) is 2.47. The number of anilines is 2. The van der Waals surface area contributed by atoms with Gasteiger partial charge in [0.25, 0.3) is 0 Å². The van der Waals surface area contributed by atoms with Crippen molar-refractivity contribution in [3.63, 3.8) is 0 Å². The highest BCUT2D eigenvalue weighted by Gasteiger charge is 2.21. The van der Waals surface area contributed by atoms with Crippen LogP contribution in [0.1, 0.15) is 32.8 Å². The lowest BCUT2D eigenvalue weighted by Gasteiger charge is -2.26. The molecular weight excluding hydrogens is 310 g/mol. The largest absolute Gasteiger partial charge is 0.444 e. The van der Waals surface area contributed by atoms with Crippen LogP contribution in [0.5, 0.6) is 0 Å². The second-order valence-corrected chi connectivity index (χ2v) is 6.70. The number of alkyl carbamates (subject to hydrolysis) is 1. The van der Waals surface area contributed by atoms with E-state index in [9.17, 15) is 14.4 Å². The summed E-state index contributed by atoms with van der Waals surface area (Å²) in [5, 5.41) is 5.13. The standard InChI is InChI=1S/C17H23N3O4/c1-17(2,3)24-16(23)18-10-14(21)19-12-6-7-13-11(9-12)5-8-15(22)20(13)4/h6-7,9H,5,8,10H2,1-4H3,(H,18,23)(H,19,21). The van der Waals surface area contributed by atoms with E-state index in [-0.39, 0.29) is 18.4 Å². The van der Waals surface area contributed by atoms with Crippen molar-refractivity contribution in [2.75, 3.05) is 23.8 Å². The van der Waals surface area contributed by atoms with E-state index in [0.717, 1.165) is 11.3 Å². The van der Waals surface area contributed by atoms with Gasteiger partial charge in [-0.1, -0.05) is 0 Å². The minimum Gasteiger partial charge on any atom is -0.444 e. The number of carbonyl (C=O) groups is 3. The number of hydrogen-bond donors (Lipinski definition) is 2. The molecule has 1 aromatic carbocycles. The van der Waals surface area contributed by atoms with E-state index in [1.54, 1.807) is 38.8 Å². The fourth-order valence-electron chi connectivity index (χ4n) is 2.41. The molecule has 0 saturated carbocycles. The van der Waals surface area contributed by atoms with E-state index < -0.39 is 11.7 Å². The van der Waals surface area contributed by atoms with Gasteiger partial charge < -0.3 is 20.3 Å². The summed E-state index contributed by atoms with van der Waals surface area (Å²) in [5.41, 5.74) is 1.89. The van der Waals surface area contributed by atoms with Crippen LogP contribution in [0.4, 0.5) is 16.2 Å². The summed E-state index contributed by atoms with van der Waals surface area (Å²) in [5.74, 6) is -0.262. The number of nitrogens with zero attached hydrogens (tertiary/aromatic N) is 1. The van der Waals surface area contributed by atoms with Gasteiger partial charge in [-0.25, -0.2) is 4.79 Å². The second-order valence-electron chi connectivity index (χ2n) is 6.70.